The van der Waals surface area contributed by atoms with Crippen molar-refractivity contribution >= 4 is 33.2 Å². The Morgan fingerprint density at radius 3 is 2.67 bits per heavy atom. The highest BCUT2D eigenvalue weighted by Crippen LogP contribution is 2.25. The number of nitro groups is 1. The summed E-state index contributed by atoms with van der Waals surface area (Å²) in [6, 6.07) is 8.50. The molecule has 0 aliphatic heterocycles. The van der Waals surface area contributed by atoms with Gasteiger partial charge in [-0.25, -0.2) is 4.39 Å². The van der Waals surface area contributed by atoms with Crippen molar-refractivity contribution in [2.75, 3.05) is 0 Å². The molecule has 0 saturated carbocycles. The summed E-state index contributed by atoms with van der Waals surface area (Å²) in [7, 11) is 0. The van der Waals surface area contributed by atoms with E-state index in [4.69, 9.17) is 16.3 Å². The van der Waals surface area contributed by atoms with Gasteiger partial charge in [0, 0.05) is 29.1 Å². The molecule has 0 amide bonds. The minimum atomic E-state index is -0.522. The summed E-state index contributed by atoms with van der Waals surface area (Å²) in [4.78, 5) is 10.1. The lowest BCUT2D eigenvalue weighted by Gasteiger charge is -2.09. The molecule has 0 atom stereocenters. The van der Waals surface area contributed by atoms with Crippen LogP contribution in [0.5, 0.6) is 5.75 Å². The van der Waals surface area contributed by atoms with Gasteiger partial charge in [0.2, 0.25) is 0 Å². The van der Waals surface area contributed by atoms with E-state index < -0.39 is 10.7 Å². The second-order valence-electron chi connectivity index (χ2n) is 4.25. The predicted octanol–water partition coefficient (Wildman–Crippen LogP) is 4.86. The largest absolute Gasteiger partial charge is 0.489 e. The summed E-state index contributed by atoms with van der Waals surface area (Å²) in [5.41, 5.74) is 1.25. The maximum atomic E-state index is 13.4. The van der Waals surface area contributed by atoms with E-state index in [2.05, 4.69) is 15.9 Å². The third-order valence-electron chi connectivity index (χ3n) is 2.73. The molecule has 0 saturated heterocycles. The molecule has 0 bridgehead atoms. The average molecular weight is 375 g/mol. The van der Waals surface area contributed by atoms with E-state index in [1.165, 1.54) is 30.3 Å². The maximum Gasteiger partial charge on any atom is 0.270 e. The number of nitrogens with zero attached hydrogens (tertiary/aromatic N) is 1. The summed E-state index contributed by atoms with van der Waals surface area (Å²) < 4.78 is 18.8. The Balaban J connectivity index is 2.13. The first kappa shape index (κ1) is 15.7. The number of halogens is 3. The fourth-order valence-electron chi connectivity index (χ4n) is 1.71. The molecule has 7 heteroatoms. The van der Waals surface area contributed by atoms with E-state index in [1.807, 2.05) is 0 Å². The second kappa shape index (κ2) is 6.87. The van der Waals surface area contributed by atoms with Gasteiger partial charge in [-0.2, -0.15) is 0 Å². The monoisotopic (exact) mass is 373 g/mol. The number of ether oxygens (including phenoxy) is 1. The van der Waals surface area contributed by atoms with Crippen molar-refractivity contribution in [3.05, 3.63) is 68.5 Å². The first-order valence-corrected chi connectivity index (χ1v) is 7.40. The van der Waals surface area contributed by atoms with Crippen molar-refractivity contribution in [1.29, 1.82) is 0 Å². The Hall–Kier alpha value is -1.66. The van der Waals surface area contributed by atoms with Crippen LogP contribution >= 0.6 is 27.5 Å². The first-order valence-electron chi connectivity index (χ1n) is 5.90. The minimum absolute atomic E-state index is 0.0870. The van der Waals surface area contributed by atoms with Gasteiger partial charge >= 0.3 is 0 Å². The zero-order chi connectivity index (χ0) is 15.4. The van der Waals surface area contributed by atoms with E-state index in [0.717, 1.165) is 5.56 Å². The van der Waals surface area contributed by atoms with Crippen molar-refractivity contribution in [3.63, 3.8) is 0 Å². The summed E-state index contributed by atoms with van der Waals surface area (Å²) in [6.45, 7) is 0.0992. The molecule has 0 aromatic heterocycles. The SMILES string of the molecule is O=[N+]([O-])c1ccc(COc2cc(F)cc(CBr)c2)c(Cl)c1. The van der Waals surface area contributed by atoms with E-state index >= 15 is 0 Å². The highest BCUT2D eigenvalue weighted by Gasteiger charge is 2.10. The molecule has 0 aliphatic carbocycles. The molecule has 4 nitrogen and oxygen atoms in total. The zero-order valence-electron chi connectivity index (χ0n) is 10.7. The molecule has 0 heterocycles. The van der Waals surface area contributed by atoms with Crippen molar-refractivity contribution in [1.82, 2.24) is 0 Å². The van der Waals surface area contributed by atoms with Crippen LogP contribution in [0.4, 0.5) is 10.1 Å². The van der Waals surface area contributed by atoms with Crippen LogP contribution in [0.1, 0.15) is 11.1 Å². The highest BCUT2D eigenvalue weighted by molar-refractivity contribution is 9.08. The van der Waals surface area contributed by atoms with Crippen LogP contribution < -0.4 is 4.74 Å². The van der Waals surface area contributed by atoms with Crippen molar-refractivity contribution in [3.8, 4) is 5.75 Å². The van der Waals surface area contributed by atoms with Crippen LogP contribution in [0.15, 0.2) is 36.4 Å². The highest BCUT2D eigenvalue weighted by atomic mass is 79.9. The summed E-state index contributed by atoms with van der Waals surface area (Å²) in [5.74, 6) is -0.0179. The Bertz CT molecular complexity index is 681. The lowest BCUT2D eigenvalue weighted by atomic mass is 10.2. The van der Waals surface area contributed by atoms with Gasteiger partial charge < -0.3 is 4.74 Å². The zero-order valence-corrected chi connectivity index (χ0v) is 13.0. The number of hydrogen-bond donors (Lipinski definition) is 0. The number of benzene rings is 2. The molecule has 110 valence electrons. The van der Waals surface area contributed by atoms with Gasteiger partial charge in [0.25, 0.3) is 5.69 Å². The van der Waals surface area contributed by atoms with E-state index in [1.54, 1.807) is 6.07 Å². The fraction of sp³-hybridized carbons (Fsp3) is 0.143. The van der Waals surface area contributed by atoms with Crippen LogP contribution in [0, 0.1) is 15.9 Å². The summed E-state index contributed by atoms with van der Waals surface area (Å²) in [5, 5.41) is 11.4. The summed E-state index contributed by atoms with van der Waals surface area (Å²) in [6.07, 6.45) is 0. The molecule has 2 aromatic carbocycles. The van der Waals surface area contributed by atoms with Crippen LogP contribution in [0.2, 0.25) is 5.02 Å². The smallest absolute Gasteiger partial charge is 0.270 e. The maximum absolute atomic E-state index is 13.4. The minimum Gasteiger partial charge on any atom is -0.489 e. The van der Waals surface area contributed by atoms with Gasteiger partial charge in [-0.15, -0.1) is 0 Å². The molecular formula is C14H10BrClFNO3. The number of hydrogen-bond acceptors (Lipinski definition) is 3. The molecule has 2 rings (SSSR count). The standard InChI is InChI=1S/C14H10BrClFNO3/c15-7-9-3-11(17)5-13(4-9)21-8-10-1-2-12(18(19)20)6-14(10)16/h1-6H,7-8H2. The third-order valence-corrected chi connectivity index (χ3v) is 3.73. The first-order chi connectivity index (χ1) is 9.99. The summed E-state index contributed by atoms with van der Waals surface area (Å²) >= 11 is 9.21. The Labute approximate surface area is 133 Å². The van der Waals surface area contributed by atoms with E-state index in [9.17, 15) is 14.5 Å². The number of nitro benzene ring substituents is 1. The predicted molar refractivity (Wildman–Crippen MR) is 81.5 cm³/mol. The molecule has 0 radical (unpaired) electrons. The molecule has 21 heavy (non-hydrogen) atoms. The van der Waals surface area contributed by atoms with Gasteiger partial charge in [0.1, 0.15) is 18.2 Å². The average Bonchev–Trinajstić information content (AvgIpc) is 2.45. The lowest BCUT2D eigenvalue weighted by Crippen LogP contribution is -1.98. The molecule has 0 N–H and O–H groups in total. The number of alkyl halides is 1. The number of non-ortho nitro benzene ring substituents is 1. The Morgan fingerprint density at radius 1 is 1.29 bits per heavy atom. The molecule has 0 unspecified atom stereocenters. The van der Waals surface area contributed by atoms with Gasteiger partial charge in [0.05, 0.1) is 9.95 Å². The molecule has 0 spiro atoms. The van der Waals surface area contributed by atoms with E-state index in [-0.39, 0.29) is 17.3 Å². The van der Waals surface area contributed by atoms with Gasteiger partial charge in [-0.05, 0) is 23.8 Å². The van der Waals surface area contributed by atoms with Crippen molar-refractivity contribution < 1.29 is 14.1 Å². The van der Waals surface area contributed by atoms with Gasteiger partial charge in [0.15, 0.2) is 0 Å². The molecular weight excluding hydrogens is 365 g/mol. The fourth-order valence-corrected chi connectivity index (χ4v) is 2.26. The normalized spacial score (nSPS) is 10.4. The van der Waals surface area contributed by atoms with Crippen LogP contribution in [-0.4, -0.2) is 4.92 Å². The molecule has 2 aromatic rings. The Morgan fingerprint density at radius 2 is 2.05 bits per heavy atom. The van der Waals surface area contributed by atoms with Crippen LogP contribution in [0.3, 0.4) is 0 Å². The van der Waals surface area contributed by atoms with Crippen LogP contribution in [0.25, 0.3) is 0 Å². The van der Waals surface area contributed by atoms with Crippen LogP contribution in [-0.2, 0) is 11.9 Å². The van der Waals surface area contributed by atoms with Gasteiger partial charge in [-0.3, -0.25) is 10.1 Å². The second-order valence-corrected chi connectivity index (χ2v) is 5.22. The third kappa shape index (κ3) is 4.15. The number of rotatable bonds is 5. The van der Waals surface area contributed by atoms with Crippen molar-refractivity contribution in [2.45, 2.75) is 11.9 Å². The van der Waals surface area contributed by atoms with Crippen molar-refractivity contribution in [2.24, 2.45) is 0 Å². The lowest BCUT2D eigenvalue weighted by molar-refractivity contribution is -0.384. The topological polar surface area (TPSA) is 52.4 Å². The Kier molecular flexibility index (Phi) is 5.14. The quantitative estimate of drug-likeness (QED) is 0.426. The van der Waals surface area contributed by atoms with E-state index in [0.29, 0.717) is 16.6 Å². The van der Waals surface area contributed by atoms with Gasteiger partial charge in [-0.1, -0.05) is 27.5 Å². The molecule has 0 aliphatic rings. The molecule has 0 fully saturated rings.